The van der Waals surface area contributed by atoms with Crippen LogP contribution in [0.3, 0.4) is 0 Å². The second-order valence-corrected chi connectivity index (χ2v) is 4.15. The van der Waals surface area contributed by atoms with E-state index in [0.717, 1.165) is 0 Å². The highest BCUT2D eigenvalue weighted by Crippen LogP contribution is 2.12. The molecule has 7 heteroatoms. The monoisotopic (exact) mass is 285 g/mol. The second-order valence-electron chi connectivity index (χ2n) is 4.15. The number of halogens is 1. The fourth-order valence-corrected chi connectivity index (χ4v) is 1.37. The zero-order chi connectivity index (χ0) is 15.1. The van der Waals surface area contributed by atoms with Crippen LogP contribution in [0.4, 0.5) is 4.39 Å². The number of ether oxygens (including phenoxy) is 1. The molecule has 0 aliphatic heterocycles. The van der Waals surface area contributed by atoms with Crippen LogP contribution in [-0.2, 0) is 9.59 Å². The van der Waals surface area contributed by atoms with E-state index in [1.54, 1.807) is 0 Å². The van der Waals surface area contributed by atoms with Gasteiger partial charge in [0, 0.05) is 13.0 Å². The number of carbonyl (C=O) groups is 2. The summed E-state index contributed by atoms with van der Waals surface area (Å²) in [5, 5.41) is 19.9. The fraction of sp³-hybridized carbons (Fsp3) is 0.385. The molecule has 0 saturated carbocycles. The van der Waals surface area contributed by atoms with Crippen LogP contribution in [0, 0.1) is 5.82 Å². The van der Waals surface area contributed by atoms with Gasteiger partial charge in [-0.1, -0.05) is 0 Å². The van der Waals surface area contributed by atoms with Gasteiger partial charge < -0.3 is 20.3 Å². The number of nitrogens with one attached hydrogen (secondary N) is 1. The van der Waals surface area contributed by atoms with Gasteiger partial charge in [-0.25, -0.2) is 9.18 Å². The number of amides is 1. The number of aliphatic carboxylic acids is 1. The van der Waals surface area contributed by atoms with Gasteiger partial charge in [0.2, 0.25) is 0 Å². The third-order valence-corrected chi connectivity index (χ3v) is 2.50. The van der Waals surface area contributed by atoms with Gasteiger partial charge in [0.05, 0.1) is 0 Å². The minimum absolute atomic E-state index is 0.0173. The molecule has 1 rings (SSSR count). The van der Waals surface area contributed by atoms with Crippen LogP contribution < -0.4 is 10.1 Å². The largest absolute Gasteiger partial charge is 0.481 e. The first-order chi connectivity index (χ1) is 9.40. The quantitative estimate of drug-likeness (QED) is 0.679. The number of aliphatic hydroxyl groups excluding tert-OH is 1. The van der Waals surface area contributed by atoms with E-state index >= 15 is 0 Å². The van der Waals surface area contributed by atoms with Crippen molar-refractivity contribution in [1.29, 1.82) is 0 Å². The van der Waals surface area contributed by atoms with E-state index in [2.05, 4.69) is 5.32 Å². The number of carboxylic acids is 1. The normalized spacial score (nSPS) is 13.3. The number of hydrogen-bond donors (Lipinski definition) is 3. The van der Waals surface area contributed by atoms with E-state index in [1.165, 1.54) is 31.2 Å². The minimum Gasteiger partial charge on any atom is -0.481 e. The van der Waals surface area contributed by atoms with Crippen molar-refractivity contribution in [2.24, 2.45) is 0 Å². The van der Waals surface area contributed by atoms with Crippen LogP contribution in [0.15, 0.2) is 24.3 Å². The molecule has 0 spiro atoms. The molecule has 0 aliphatic rings. The molecule has 0 radical (unpaired) electrons. The van der Waals surface area contributed by atoms with Crippen LogP contribution in [0.25, 0.3) is 0 Å². The molecule has 2 unspecified atom stereocenters. The van der Waals surface area contributed by atoms with Crippen LogP contribution >= 0.6 is 0 Å². The van der Waals surface area contributed by atoms with Gasteiger partial charge >= 0.3 is 5.97 Å². The summed E-state index contributed by atoms with van der Waals surface area (Å²) in [5.74, 6) is -1.85. The minimum atomic E-state index is -1.51. The van der Waals surface area contributed by atoms with E-state index in [1.807, 2.05) is 0 Å². The van der Waals surface area contributed by atoms with Gasteiger partial charge in [0.25, 0.3) is 5.91 Å². The molecule has 0 bridgehead atoms. The van der Waals surface area contributed by atoms with Gasteiger partial charge in [0.1, 0.15) is 11.6 Å². The fourth-order valence-electron chi connectivity index (χ4n) is 1.37. The molecule has 1 aromatic rings. The summed E-state index contributed by atoms with van der Waals surface area (Å²) in [6.45, 7) is 1.52. The Balaban J connectivity index is 2.35. The van der Waals surface area contributed by atoms with Gasteiger partial charge in [0.15, 0.2) is 12.2 Å². The molecule has 1 aromatic carbocycles. The Morgan fingerprint density at radius 1 is 1.35 bits per heavy atom. The van der Waals surface area contributed by atoms with Crippen molar-refractivity contribution in [3.8, 4) is 5.75 Å². The summed E-state index contributed by atoms with van der Waals surface area (Å²) in [6, 6.07) is 5.22. The van der Waals surface area contributed by atoms with Crippen molar-refractivity contribution in [3.63, 3.8) is 0 Å². The second kappa shape index (κ2) is 7.44. The highest BCUT2D eigenvalue weighted by atomic mass is 19.1. The molecule has 2 atom stereocenters. The smallest absolute Gasteiger partial charge is 0.332 e. The van der Waals surface area contributed by atoms with Crippen molar-refractivity contribution >= 4 is 11.9 Å². The number of benzene rings is 1. The first-order valence-corrected chi connectivity index (χ1v) is 6.01. The zero-order valence-electron chi connectivity index (χ0n) is 10.9. The van der Waals surface area contributed by atoms with Crippen molar-refractivity contribution in [2.75, 3.05) is 6.54 Å². The van der Waals surface area contributed by atoms with Gasteiger partial charge in [-0.3, -0.25) is 4.79 Å². The van der Waals surface area contributed by atoms with E-state index < -0.39 is 29.9 Å². The van der Waals surface area contributed by atoms with E-state index in [0.29, 0.717) is 5.75 Å². The summed E-state index contributed by atoms with van der Waals surface area (Å²) >= 11 is 0. The summed E-state index contributed by atoms with van der Waals surface area (Å²) in [7, 11) is 0. The van der Waals surface area contributed by atoms with Crippen molar-refractivity contribution in [3.05, 3.63) is 30.1 Å². The zero-order valence-corrected chi connectivity index (χ0v) is 10.9. The van der Waals surface area contributed by atoms with Crippen LogP contribution in [0.1, 0.15) is 13.3 Å². The van der Waals surface area contributed by atoms with E-state index in [4.69, 9.17) is 14.9 Å². The predicted molar refractivity (Wildman–Crippen MR) is 67.8 cm³/mol. The summed E-state index contributed by atoms with van der Waals surface area (Å²) in [5.41, 5.74) is 0. The molecule has 3 N–H and O–H groups in total. The van der Waals surface area contributed by atoms with Crippen LogP contribution in [0.2, 0.25) is 0 Å². The Morgan fingerprint density at radius 2 is 1.95 bits per heavy atom. The topological polar surface area (TPSA) is 95.9 Å². The molecule has 1 amide bonds. The molecule has 110 valence electrons. The number of rotatable bonds is 7. The van der Waals surface area contributed by atoms with Gasteiger partial charge in [-0.05, 0) is 31.2 Å². The number of aliphatic hydroxyl groups is 1. The molecule has 6 nitrogen and oxygen atoms in total. The van der Waals surface area contributed by atoms with Crippen molar-refractivity contribution in [2.45, 2.75) is 25.6 Å². The van der Waals surface area contributed by atoms with E-state index in [-0.39, 0.29) is 13.0 Å². The van der Waals surface area contributed by atoms with Gasteiger partial charge in [-0.2, -0.15) is 0 Å². The average Bonchev–Trinajstić information content (AvgIpc) is 2.40. The molecule has 0 aliphatic carbocycles. The Kier molecular flexibility index (Phi) is 5.92. The number of carboxylic acid groups (broad SMARTS) is 1. The Bertz CT molecular complexity index is 462. The lowest BCUT2D eigenvalue weighted by Gasteiger charge is -2.15. The first kappa shape index (κ1) is 15.9. The Labute approximate surface area is 115 Å². The molecule has 0 aromatic heterocycles. The Morgan fingerprint density at radius 3 is 2.50 bits per heavy atom. The van der Waals surface area contributed by atoms with Crippen LogP contribution in [0.5, 0.6) is 5.75 Å². The number of carbonyl (C=O) groups excluding carboxylic acids is 1. The van der Waals surface area contributed by atoms with E-state index in [9.17, 15) is 14.0 Å². The summed E-state index contributed by atoms with van der Waals surface area (Å²) < 4.78 is 18.0. The molecule has 0 fully saturated rings. The lowest BCUT2D eigenvalue weighted by Crippen LogP contribution is -2.38. The maximum Gasteiger partial charge on any atom is 0.332 e. The van der Waals surface area contributed by atoms with Crippen LogP contribution in [-0.4, -0.2) is 40.8 Å². The standard InChI is InChI=1S/C13H16FNO5/c1-8(20-10-4-2-9(14)3-5-10)12(17)15-7-6-11(16)13(18)19/h2-5,8,11,16H,6-7H2,1H3,(H,15,17)(H,18,19). The maximum absolute atomic E-state index is 12.7. The predicted octanol–water partition coefficient (Wildman–Crippen LogP) is 0.545. The summed E-state index contributed by atoms with van der Waals surface area (Å²) in [6.07, 6.45) is -2.42. The molecule has 0 saturated heterocycles. The summed E-state index contributed by atoms with van der Waals surface area (Å²) in [4.78, 5) is 22.0. The maximum atomic E-state index is 12.7. The lowest BCUT2D eigenvalue weighted by molar-refractivity contribution is -0.147. The SMILES string of the molecule is CC(Oc1ccc(F)cc1)C(=O)NCCC(O)C(=O)O. The molecular formula is C13H16FNO5. The molecule has 20 heavy (non-hydrogen) atoms. The third kappa shape index (κ3) is 5.23. The first-order valence-electron chi connectivity index (χ1n) is 6.01. The average molecular weight is 285 g/mol. The van der Waals surface area contributed by atoms with Gasteiger partial charge in [-0.15, -0.1) is 0 Å². The highest BCUT2D eigenvalue weighted by Gasteiger charge is 2.16. The van der Waals surface area contributed by atoms with Crippen molar-refractivity contribution < 1.29 is 28.9 Å². The Hall–Kier alpha value is -2.15. The molecular weight excluding hydrogens is 269 g/mol. The third-order valence-electron chi connectivity index (χ3n) is 2.50. The lowest BCUT2D eigenvalue weighted by atomic mass is 10.2. The van der Waals surface area contributed by atoms with Crippen molar-refractivity contribution in [1.82, 2.24) is 5.32 Å². The number of hydrogen-bond acceptors (Lipinski definition) is 4. The molecule has 0 heterocycles. The highest BCUT2D eigenvalue weighted by molar-refractivity contribution is 5.80.